The first-order chi connectivity index (χ1) is 11.4. The molecular formula is C18H18ClNO4. The molecular weight excluding hydrogens is 330 g/mol. The van der Waals surface area contributed by atoms with Gasteiger partial charge in [-0.1, -0.05) is 11.6 Å². The van der Waals surface area contributed by atoms with Gasteiger partial charge in [0.1, 0.15) is 5.58 Å². The third kappa shape index (κ3) is 2.62. The third-order valence-corrected chi connectivity index (χ3v) is 5.65. The molecule has 0 unspecified atom stereocenters. The predicted octanol–water partition coefficient (Wildman–Crippen LogP) is 2.73. The number of nitrogens with one attached hydrogen (secondary N) is 1. The molecule has 1 aromatic heterocycles. The van der Waals surface area contributed by atoms with E-state index < -0.39 is 11.5 Å². The van der Waals surface area contributed by atoms with Gasteiger partial charge in [-0.05, 0) is 49.7 Å². The van der Waals surface area contributed by atoms with Gasteiger partial charge in [-0.25, -0.2) is 0 Å². The van der Waals surface area contributed by atoms with Crippen molar-refractivity contribution in [2.24, 2.45) is 11.8 Å². The molecule has 2 fully saturated rings. The topological polar surface area (TPSA) is 79.5 Å². The lowest BCUT2D eigenvalue weighted by Crippen LogP contribution is -2.46. The fourth-order valence-electron chi connectivity index (χ4n) is 4.19. The van der Waals surface area contributed by atoms with E-state index in [2.05, 4.69) is 5.32 Å². The zero-order valence-corrected chi connectivity index (χ0v) is 13.8. The molecule has 6 heteroatoms. The maximum Gasteiger partial charge on any atom is 0.287 e. The van der Waals surface area contributed by atoms with Crippen molar-refractivity contribution in [3.05, 3.63) is 45.3 Å². The number of hydrogen-bond acceptors (Lipinski definition) is 4. The van der Waals surface area contributed by atoms with Gasteiger partial charge in [0.2, 0.25) is 0 Å². The number of halogens is 1. The Kier molecular flexibility index (Phi) is 3.66. The van der Waals surface area contributed by atoms with Crippen LogP contribution in [0.4, 0.5) is 0 Å². The Morgan fingerprint density at radius 2 is 2.21 bits per heavy atom. The number of carbonyl (C=O) groups is 1. The van der Waals surface area contributed by atoms with E-state index in [1.165, 1.54) is 18.6 Å². The average Bonchev–Trinajstić information content (AvgIpc) is 3.12. The quantitative estimate of drug-likeness (QED) is 0.894. The van der Waals surface area contributed by atoms with Crippen molar-refractivity contribution in [3.63, 3.8) is 0 Å². The van der Waals surface area contributed by atoms with Crippen LogP contribution >= 0.6 is 11.6 Å². The summed E-state index contributed by atoms with van der Waals surface area (Å²) in [5.41, 5.74) is -0.852. The fourth-order valence-corrected chi connectivity index (χ4v) is 4.35. The van der Waals surface area contributed by atoms with Gasteiger partial charge in [-0.3, -0.25) is 9.59 Å². The lowest BCUT2D eigenvalue weighted by molar-refractivity contribution is -0.0111. The first-order valence-corrected chi connectivity index (χ1v) is 8.56. The average molecular weight is 348 g/mol. The molecule has 0 saturated heterocycles. The number of benzene rings is 1. The second-order valence-corrected chi connectivity index (χ2v) is 7.42. The van der Waals surface area contributed by atoms with Gasteiger partial charge < -0.3 is 14.8 Å². The summed E-state index contributed by atoms with van der Waals surface area (Å²) in [5, 5.41) is 14.2. The lowest BCUT2D eigenvalue weighted by Gasteiger charge is -2.32. The molecule has 0 spiro atoms. The standard InChI is InChI=1S/C18H18ClNO4/c19-12-3-4-13-14(21)7-16(24-15(13)6-12)17(22)20-9-18(23)8-10-1-2-11(18)5-10/h3-4,6-7,10-11,23H,1-2,5,8-9H2,(H,20,22)/t10-,11+,18-/m1/s1. The van der Waals surface area contributed by atoms with Crippen LogP contribution in [-0.2, 0) is 0 Å². The molecule has 4 rings (SSSR count). The minimum atomic E-state index is -0.834. The molecule has 3 atom stereocenters. The molecule has 126 valence electrons. The van der Waals surface area contributed by atoms with E-state index in [-0.39, 0.29) is 29.2 Å². The highest BCUT2D eigenvalue weighted by Crippen LogP contribution is 2.50. The number of amides is 1. The number of hydrogen-bond donors (Lipinski definition) is 2. The summed E-state index contributed by atoms with van der Waals surface area (Å²) in [7, 11) is 0. The zero-order chi connectivity index (χ0) is 16.9. The molecule has 5 nitrogen and oxygen atoms in total. The molecule has 2 aliphatic rings. The largest absolute Gasteiger partial charge is 0.451 e. The molecule has 0 radical (unpaired) electrons. The monoisotopic (exact) mass is 347 g/mol. The maximum absolute atomic E-state index is 12.3. The zero-order valence-electron chi connectivity index (χ0n) is 13.0. The molecule has 2 aromatic rings. The minimum absolute atomic E-state index is 0.0680. The van der Waals surface area contributed by atoms with Crippen LogP contribution in [0.3, 0.4) is 0 Å². The van der Waals surface area contributed by atoms with E-state index in [1.54, 1.807) is 12.1 Å². The number of aliphatic hydroxyl groups is 1. The fraction of sp³-hybridized carbons (Fsp3) is 0.444. The lowest BCUT2D eigenvalue weighted by atomic mass is 9.84. The van der Waals surface area contributed by atoms with E-state index in [0.717, 1.165) is 19.3 Å². The molecule has 0 aliphatic heterocycles. The van der Waals surface area contributed by atoms with E-state index in [4.69, 9.17) is 16.0 Å². The maximum atomic E-state index is 12.3. The van der Waals surface area contributed by atoms with Crippen molar-refractivity contribution in [1.29, 1.82) is 0 Å². The predicted molar refractivity (Wildman–Crippen MR) is 90.2 cm³/mol. The Hall–Kier alpha value is -1.85. The van der Waals surface area contributed by atoms with Crippen LogP contribution in [0.5, 0.6) is 0 Å². The van der Waals surface area contributed by atoms with Crippen LogP contribution in [-0.4, -0.2) is 23.2 Å². The van der Waals surface area contributed by atoms with Gasteiger partial charge >= 0.3 is 0 Å². The Morgan fingerprint density at radius 3 is 2.92 bits per heavy atom. The Bertz CT molecular complexity index is 877. The minimum Gasteiger partial charge on any atom is -0.451 e. The highest BCUT2D eigenvalue weighted by atomic mass is 35.5. The third-order valence-electron chi connectivity index (χ3n) is 5.41. The Morgan fingerprint density at radius 1 is 1.38 bits per heavy atom. The van der Waals surface area contributed by atoms with Gasteiger partial charge in [0.05, 0.1) is 11.0 Å². The number of fused-ring (bicyclic) bond motifs is 3. The highest BCUT2D eigenvalue weighted by Gasteiger charge is 2.49. The molecule has 24 heavy (non-hydrogen) atoms. The van der Waals surface area contributed by atoms with Gasteiger partial charge in [0.25, 0.3) is 5.91 Å². The van der Waals surface area contributed by atoms with E-state index >= 15 is 0 Å². The summed E-state index contributed by atoms with van der Waals surface area (Å²) >= 11 is 5.91. The van der Waals surface area contributed by atoms with Crippen molar-refractivity contribution in [2.45, 2.75) is 31.3 Å². The summed E-state index contributed by atoms with van der Waals surface area (Å²) in [4.78, 5) is 24.5. The van der Waals surface area contributed by atoms with Crippen LogP contribution in [0, 0.1) is 11.8 Å². The van der Waals surface area contributed by atoms with E-state index in [1.807, 2.05) is 0 Å². The van der Waals surface area contributed by atoms with Gasteiger partial charge in [-0.2, -0.15) is 0 Å². The number of carbonyl (C=O) groups excluding carboxylic acids is 1. The van der Waals surface area contributed by atoms with Crippen LogP contribution in [0.1, 0.15) is 36.2 Å². The second kappa shape index (κ2) is 5.60. The molecule has 1 amide bonds. The molecule has 2 N–H and O–H groups in total. The molecule has 2 bridgehead atoms. The smallest absolute Gasteiger partial charge is 0.287 e. The highest BCUT2D eigenvalue weighted by molar-refractivity contribution is 6.31. The molecule has 2 aliphatic carbocycles. The Balaban J connectivity index is 1.54. The first kappa shape index (κ1) is 15.7. The van der Waals surface area contributed by atoms with Crippen molar-refractivity contribution >= 4 is 28.5 Å². The Labute approximate surface area is 143 Å². The van der Waals surface area contributed by atoms with Crippen molar-refractivity contribution in [2.75, 3.05) is 6.54 Å². The summed E-state index contributed by atoms with van der Waals surface area (Å²) in [6.07, 6.45) is 3.95. The molecule has 2 saturated carbocycles. The van der Waals surface area contributed by atoms with Gasteiger partial charge in [0, 0.05) is 23.7 Å². The summed E-state index contributed by atoms with van der Waals surface area (Å²) in [6.45, 7) is 0.185. The SMILES string of the molecule is O=C(NC[C@]1(O)C[C@@H]2CC[C@H]1C2)c1cc(=O)c2ccc(Cl)cc2o1. The van der Waals surface area contributed by atoms with Crippen molar-refractivity contribution in [3.8, 4) is 0 Å². The van der Waals surface area contributed by atoms with Crippen LogP contribution in [0.15, 0.2) is 33.5 Å². The van der Waals surface area contributed by atoms with Gasteiger partial charge in [0.15, 0.2) is 11.2 Å². The normalized spacial score (nSPS) is 28.4. The van der Waals surface area contributed by atoms with Gasteiger partial charge in [-0.15, -0.1) is 0 Å². The first-order valence-electron chi connectivity index (χ1n) is 8.19. The van der Waals surface area contributed by atoms with Crippen molar-refractivity contribution in [1.82, 2.24) is 5.32 Å². The van der Waals surface area contributed by atoms with Crippen molar-refractivity contribution < 1.29 is 14.3 Å². The van der Waals surface area contributed by atoms with Crippen LogP contribution < -0.4 is 10.7 Å². The molecule has 1 heterocycles. The van der Waals surface area contributed by atoms with Crippen LogP contribution in [0.25, 0.3) is 11.0 Å². The number of rotatable bonds is 3. The second-order valence-electron chi connectivity index (χ2n) is 6.98. The summed E-state index contributed by atoms with van der Waals surface area (Å²) in [6, 6.07) is 5.86. The summed E-state index contributed by atoms with van der Waals surface area (Å²) in [5.74, 6) is 0.259. The van der Waals surface area contributed by atoms with E-state index in [0.29, 0.717) is 16.3 Å². The van der Waals surface area contributed by atoms with Crippen LogP contribution in [0.2, 0.25) is 5.02 Å². The summed E-state index contributed by atoms with van der Waals surface area (Å²) < 4.78 is 5.52. The molecule has 1 aromatic carbocycles. The van der Waals surface area contributed by atoms with E-state index in [9.17, 15) is 14.7 Å².